The Morgan fingerprint density at radius 1 is 1.19 bits per heavy atom. The summed E-state index contributed by atoms with van der Waals surface area (Å²) in [5, 5.41) is 7.29. The molecule has 4 aliphatic rings. The molecule has 1 amide bonds. The number of nitrogens with zero attached hydrogens (tertiary/aromatic N) is 2. The molecule has 1 N–H and O–H groups in total. The van der Waals surface area contributed by atoms with E-state index in [2.05, 4.69) is 10.4 Å². The first-order valence-corrected chi connectivity index (χ1v) is 10.1. The fourth-order valence-corrected chi connectivity index (χ4v) is 5.91. The lowest BCUT2D eigenvalue weighted by molar-refractivity contribution is -0.162. The second-order valence-corrected chi connectivity index (χ2v) is 8.66. The molecule has 0 unspecified atom stereocenters. The van der Waals surface area contributed by atoms with Crippen molar-refractivity contribution >= 4 is 11.4 Å². The van der Waals surface area contributed by atoms with Crippen LogP contribution in [-0.2, 0) is 4.74 Å². The standard InChI is InChI=1S/C21H27N3O2/c25-20(19-11-18-4-1-2-6-24(18)23-19)22-5-3-7-26-21-12-15-8-16(13-21)10-17(9-15)14-21/h1-2,4,6,11,15-17H,3,5,7-10,12-14H2,(H,22,25). The molecule has 0 aromatic carbocycles. The van der Waals surface area contributed by atoms with Crippen LogP contribution in [0.1, 0.15) is 55.4 Å². The molecule has 0 atom stereocenters. The minimum atomic E-state index is -0.108. The molecule has 0 radical (unpaired) electrons. The molecule has 2 aromatic rings. The van der Waals surface area contributed by atoms with Crippen molar-refractivity contribution < 1.29 is 9.53 Å². The van der Waals surface area contributed by atoms with E-state index in [1.165, 1.54) is 38.5 Å². The maximum absolute atomic E-state index is 12.3. The highest BCUT2D eigenvalue weighted by molar-refractivity contribution is 5.93. The maximum Gasteiger partial charge on any atom is 0.271 e. The third-order valence-corrected chi connectivity index (χ3v) is 6.60. The summed E-state index contributed by atoms with van der Waals surface area (Å²) < 4.78 is 8.13. The first-order chi connectivity index (χ1) is 12.7. The topological polar surface area (TPSA) is 55.6 Å². The van der Waals surface area contributed by atoms with Crippen LogP contribution in [0.5, 0.6) is 0 Å². The lowest BCUT2D eigenvalue weighted by atomic mass is 9.54. The van der Waals surface area contributed by atoms with Gasteiger partial charge in [0.25, 0.3) is 5.91 Å². The average molecular weight is 353 g/mol. The maximum atomic E-state index is 12.3. The van der Waals surface area contributed by atoms with Gasteiger partial charge in [-0.2, -0.15) is 5.10 Å². The van der Waals surface area contributed by atoms with Gasteiger partial charge >= 0.3 is 0 Å². The van der Waals surface area contributed by atoms with Crippen LogP contribution in [0.15, 0.2) is 30.5 Å². The van der Waals surface area contributed by atoms with E-state index in [1.54, 1.807) is 4.52 Å². The van der Waals surface area contributed by atoms with Crippen molar-refractivity contribution in [2.24, 2.45) is 17.8 Å². The van der Waals surface area contributed by atoms with Crippen molar-refractivity contribution in [2.75, 3.05) is 13.2 Å². The SMILES string of the molecule is O=C(NCCCOC12CC3CC(CC(C3)C1)C2)c1cc2ccccn2n1. The Bertz CT molecular complexity index is 744. The number of carbonyl (C=O) groups excluding carboxylic acids is 1. The number of fused-ring (bicyclic) bond motifs is 1. The molecule has 0 aliphatic heterocycles. The minimum Gasteiger partial charge on any atom is -0.375 e. The summed E-state index contributed by atoms with van der Waals surface area (Å²) in [5.74, 6) is 2.63. The van der Waals surface area contributed by atoms with Gasteiger partial charge in [0, 0.05) is 19.3 Å². The fraction of sp³-hybridized carbons (Fsp3) is 0.619. The Labute approximate surface area is 154 Å². The van der Waals surface area contributed by atoms with Gasteiger partial charge in [-0.3, -0.25) is 4.79 Å². The lowest BCUT2D eigenvalue weighted by Crippen LogP contribution is -2.52. The Morgan fingerprint density at radius 3 is 2.62 bits per heavy atom. The highest BCUT2D eigenvalue weighted by atomic mass is 16.5. The summed E-state index contributed by atoms with van der Waals surface area (Å²) in [6.45, 7) is 1.39. The summed E-state index contributed by atoms with van der Waals surface area (Å²) in [6.07, 6.45) is 10.9. The average Bonchev–Trinajstić information content (AvgIpc) is 3.04. The Hall–Kier alpha value is -1.88. The van der Waals surface area contributed by atoms with E-state index >= 15 is 0 Å². The smallest absolute Gasteiger partial charge is 0.271 e. The van der Waals surface area contributed by atoms with E-state index < -0.39 is 0 Å². The number of amides is 1. The quantitative estimate of drug-likeness (QED) is 0.810. The van der Waals surface area contributed by atoms with E-state index in [-0.39, 0.29) is 11.5 Å². The predicted molar refractivity (Wildman–Crippen MR) is 99.0 cm³/mol. The highest BCUT2D eigenvalue weighted by Crippen LogP contribution is 2.57. The van der Waals surface area contributed by atoms with Gasteiger partial charge in [-0.15, -0.1) is 0 Å². The predicted octanol–water partition coefficient (Wildman–Crippen LogP) is 3.44. The van der Waals surface area contributed by atoms with Crippen LogP contribution in [-0.4, -0.2) is 34.3 Å². The molecule has 138 valence electrons. The van der Waals surface area contributed by atoms with Crippen molar-refractivity contribution in [1.29, 1.82) is 0 Å². The van der Waals surface area contributed by atoms with Crippen molar-refractivity contribution in [3.8, 4) is 0 Å². The molecular weight excluding hydrogens is 326 g/mol. The molecule has 2 heterocycles. The van der Waals surface area contributed by atoms with Crippen molar-refractivity contribution in [3.05, 3.63) is 36.2 Å². The molecule has 26 heavy (non-hydrogen) atoms. The molecule has 5 nitrogen and oxygen atoms in total. The Balaban J connectivity index is 1.09. The molecule has 0 saturated heterocycles. The Kier molecular flexibility index (Phi) is 4.00. The zero-order chi connectivity index (χ0) is 17.6. The summed E-state index contributed by atoms with van der Waals surface area (Å²) in [4.78, 5) is 12.3. The third kappa shape index (κ3) is 3.02. The van der Waals surface area contributed by atoms with Crippen molar-refractivity contribution in [2.45, 2.75) is 50.5 Å². The summed E-state index contributed by atoms with van der Waals surface area (Å²) in [5.41, 5.74) is 1.57. The summed E-state index contributed by atoms with van der Waals surface area (Å²) in [6, 6.07) is 7.62. The summed E-state index contributed by atoms with van der Waals surface area (Å²) >= 11 is 0. The van der Waals surface area contributed by atoms with Gasteiger partial charge < -0.3 is 10.1 Å². The molecule has 4 aliphatic carbocycles. The van der Waals surface area contributed by atoms with Crippen molar-refractivity contribution in [3.63, 3.8) is 0 Å². The van der Waals surface area contributed by atoms with Gasteiger partial charge in [0.05, 0.1) is 11.1 Å². The number of carbonyl (C=O) groups is 1. The van der Waals surface area contributed by atoms with Gasteiger partial charge in [-0.1, -0.05) is 6.07 Å². The lowest BCUT2D eigenvalue weighted by Gasteiger charge is -2.56. The van der Waals surface area contributed by atoms with Gasteiger partial charge in [-0.05, 0) is 80.9 Å². The van der Waals surface area contributed by atoms with Crippen LogP contribution in [0.3, 0.4) is 0 Å². The number of ether oxygens (including phenoxy) is 1. The van der Waals surface area contributed by atoms with Gasteiger partial charge in [0.15, 0.2) is 5.69 Å². The molecular formula is C21H27N3O2. The number of hydrogen-bond donors (Lipinski definition) is 1. The van der Waals surface area contributed by atoms with E-state index in [0.29, 0.717) is 12.2 Å². The van der Waals surface area contributed by atoms with Gasteiger partial charge in [0.1, 0.15) is 0 Å². The molecule has 0 spiro atoms. The fourth-order valence-electron chi connectivity index (χ4n) is 5.91. The minimum absolute atomic E-state index is 0.108. The number of hydrogen-bond acceptors (Lipinski definition) is 3. The Morgan fingerprint density at radius 2 is 1.92 bits per heavy atom. The second-order valence-electron chi connectivity index (χ2n) is 8.66. The van der Waals surface area contributed by atoms with Crippen LogP contribution in [0.25, 0.3) is 5.52 Å². The van der Waals surface area contributed by atoms with Crippen LogP contribution >= 0.6 is 0 Å². The van der Waals surface area contributed by atoms with Crippen LogP contribution < -0.4 is 5.32 Å². The van der Waals surface area contributed by atoms with Crippen LogP contribution in [0.2, 0.25) is 0 Å². The molecule has 4 bridgehead atoms. The number of nitrogens with one attached hydrogen (secondary N) is 1. The largest absolute Gasteiger partial charge is 0.375 e. The number of aromatic nitrogens is 2. The molecule has 2 aromatic heterocycles. The zero-order valence-corrected chi connectivity index (χ0v) is 15.2. The number of pyridine rings is 1. The molecule has 5 heteroatoms. The molecule has 4 fully saturated rings. The zero-order valence-electron chi connectivity index (χ0n) is 15.2. The normalized spacial score (nSPS) is 32.2. The van der Waals surface area contributed by atoms with Gasteiger partial charge in [-0.25, -0.2) is 4.52 Å². The molecule has 4 saturated carbocycles. The number of rotatable bonds is 6. The highest BCUT2D eigenvalue weighted by Gasteiger charge is 2.51. The van der Waals surface area contributed by atoms with Crippen LogP contribution in [0.4, 0.5) is 0 Å². The van der Waals surface area contributed by atoms with E-state index in [9.17, 15) is 4.79 Å². The molecule has 6 rings (SSSR count). The first-order valence-electron chi connectivity index (χ1n) is 10.1. The second kappa shape index (κ2) is 6.38. The monoisotopic (exact) mass is 353 g/mol. The van der Waals surface area contributed by atoms with E-state index in [1.807, 2.05) is 30.5 Å². The van der Waals surface area contributed by atoms with Crippen LogP contribution in [0, 0.1) is 17.8 Å². The first kappa shape index (κ1) is 16.3. The van der Waals surface area contributed by atoms with E-state index in [0.717, 1.165) is 36.3 Å². The van der Waals surface area contributed by atoms with Crippen molar-refractivity contribution in [1.82, 2.24) is 14.9 Å². The van der Waals surface area contributed by atoms with Gasteiger partial charge in [0.2, 0.25) is 0 Å². The third-order valence-electron chi connectivity index (χ3n) is 6.60. The van der Waals surface area contributed by atoms with E-state index in [4.69, 9.17) is 4.74 Å². The summed E-state index contributed by atoms with van der Waals surface area (Å²) in [7, 11) is 0.